The lowest BCUT2D eigenvalue weighted by atomic mass is 10.2. The average Bonchev–Trinajstić information content (AvgIpc) is 3.34. The first-order valence-electron chi connectivity index (χ1n) is 8.72. The normalized spacial score (nSPS) is 16.6. The van der Waals surface area contributed by atoms with Crippen LogP contribution in [0.25, 0.3) is 0 Å². The Morgan fingerprint density at radius 3 is 2.53 bits per heavy atom. The van der Waals surface area contributed by atoms with Gasteiger partial charge in [0.25, 0.3) is 0 Å². The topological polar surface area (TPSA) is 112 Å². The molecule has 0 aliphatic carbocycles. The van der Waals surface area contributed by atoms with Crippen molar-refractivity contribution >= 4 is 32.8 Å². The molecule has 3 rings (SSSR count). The van der Waals surface area contributed by atoms with Crippen molar-refractivity contribution in [2.75, 3.05) is 25.0 Å². The van der Waals surface area contributed by atoms with Gasteiger partial charge in [0.1, 0.15) is 0 Å². The van der Waals surface area contributed by atoms with Crippen LogP contribution in [0.1, 0.15) is 17.7 Å². The second-order valence-electron chi connectivity index (χ2n) is 6.61. The number of carboxylic acid groups (broad SMARTS) is 1. The minimum Gasteiger partial charge on any atom is -0.475 e. The van der Waals surface area contributed by atoms with E-state index in [1.54, 1.807) is 23.2 Å². The highest BCUT2D eigenvalue weighted by atomic mass is 32.2. The molecule has 1 aliphatic rings. The van der Waals surface area contributed by atoms with Crippen LogP contribution in [-0.4, -0.2) is 61.8 Å². The number of aromatic nitrogens is 2. The van der Waals surface area contributed by atoms with E-state index in [-0.39, 0.29) is 10.8 Å². The lowest BCUT2D eigenvalue weighted by molar-refractivity contribution is -0.192. The van der Waals surface area contributed by atoms with Crippen molar-refractivity contribution in [1.29, 1.82) is 0 Å². The van der Waals surface area contributed by atoms with E-state index in [0.29, 0.717) is 11.7 Å². The summed E-state index contributed by atoms with van der Waals surface area (Å²) in [6, 6.07) is 2.09. The van der Waals surface area contributed by atoms with Gasteiger partial charge in [0.05, 0.1) is 28.8 Å². The summed E-state index contributed by atoms with van der Waals surface area (Å²) in [6.45, 7) is 3.89. The van der Waals surface area contributed by atoms with Gasteiger partial charge in [-0.2, -0.15) is 13.2 Å². The molecule has 13 heteroatoms. The molecule has 0 unspecified atom stereocenters. The van der Waals surface area contributed by atoms with E-state index in [1.165, 1.54) is 11.3 Å². The number of thiazole rings is 1. The maximum absolute atomic E-state index is 12.5. The van der Waals surface area contributed by atoms with Gasteiger partial charge >= 0.3 is 12.1 Å². The molecule has 2 aromatic heterocycles. The zero-order valence-electron chi connectivity index (χ0n) is 16.2. The zero-order valence-corrected chi connectivity index (χ0v) is 17.8. The average molecular weight is 467 g/mol. The molecule has 0 bridgehead atoms. The number of anilines is 1. The fourth-order valence-corrected chi connectivity index (χ4v) is 4.74. The molecule has 0 spiro atoms. The van der Waals surface area contributed by atoms with Crippen molar-refractivity contribution in [1.82, 2.24) is 15.3 Å². The van der Waals surface area contributed by atoms with Crippen molar-refractivity contribution < 1.29 is 31.5 Å². The first kappa shape index (κ1) is 24.0. The Balaban J connectivity index is 0.000000396. The van der Waals surface area contributed by atoms with Crippen molar-refractivity contribution in [2.24, 2.45) is 0 Å². The predicted octanol–water partition coefficient (Wildman–Crippen LogP) is 2.25. The molecule has 2 aromatic rings. The number of alkyl halides is 3. The Morgan fingerprint density at radius 1 is 1.40 bits per heavy atom. The summed E-state index contributed by atoms with van der Waals surface area (Å²) < 4.78 is 56.7. The molecule has 2 N–H and O–H groups in total. The van der Waals surface area contributed by atoms with E-state index in [0.717, 1.165) is 30.8 Å². The Labute approximate surface area is 175 Å². The van der Waals surface area contributed by atoms with Gasteiger partial charge in [-0.05, 0) is 31.5 Å². The van der Waals surface area contributed by atoms with E-state index in [9.17, 15) is 21.6 Å². The van der Waals surface area contributed by atoms with Crippen molar-refractivity contribution in [3.63, 3.8) is 0 Å². The summed E-state index contributed by atoms with van der Waals surface area (Å²) in [5.41, 5.74) is 4.10. The summed E-state index contributed by atoms with van der Waals surface area (Å²) in [4.78, 5) is 19.3. The third-order valence-corrected chi connectivity index (χ3v) is 6.57. The summed E-state index contributed by atoms with van der Waals surface area (Å²) in [5, 5.41) is 12.3. The first-order valence-corrected chi connectivity index (χ1v) is 11.3. The largest absolute Gasteiger partial charge is 0.490 e. The highest BCUT2D eigenvalue weighted by Gasteiger charge is 2.38. The number of halogens is 3. The predicted molar refractivity (Wildman–Crippen MR) is 105 cm³/mol. The van der Waals surface area contributed by atoms with Gasteiger partial charge in [-0.15, -0.1) is 11.3 Å². The second-order valence-corrected chi connectivity index (χ2v) is 9.26. The highest BCUT2D eigenvalue weighted by molar-refractivity contribution is 7.90. The molecule has 1 fully saturated rings. The van der Waals surface area contributed by atoms with Crippen LogP contribution < -0.4 is 10.2 Å². The van der Waals surface area contributed by atoms with Gasteiger partial charge in [-0.3, -0.25) is 0 Å². The molecule has 1 aliphatic heterocycles. The Hall–Kier alpha value is -2.25. The summed E-state index contributed by atoms with van der Waals surface area (Å²) >= 11 is 1.39. The van der Waals surface area contributed by atoms with Crippen LogP contribution in [0.3, 0.4) is 0 Å². The third-order valence-electron chi connectivity index (χ3n) is 4.40. The van der Waals surface area contributed by atoms with Crippen LogP contribution in [0.4, 0.5) is 18.9 Å². The zero-order chi connectivity index (χ0) is 22.5. The van der Waals surface area contributed by atoms with E-state index < -0.39 is 22.0 Å². The number of pyridine rings is 1. The number of nitrogens with zero attached hydrogens (tertiary/aromatic N) is 3. The summed E-state index contributed by atoms with van der Waals surface area (Å²) in [5.74, 6) is -2.86. The number of nitrogens with one attached hydrogen (secondary N) is 1. The molecule has 3 heterocycles. The van der Waals surface area contributed by atoms with E-state index >= 15 is 0 Å². The number of sulfone groups is 1. The maximum Gasteiger partial charge on any atom is 0.490 e. The molecule has 0 radical (unpaired) electrons. The van der Waals surface area contributed by atoms with E-state index in [4.69, 9.17) is 9.90 Å². The van der Waals surface area contributed by atoms with Crippen LogP contribution in [0.15, 0.2) is 28.2 Å². The smallest absolute Gasteiger partial charge is 0.475 e. The van der Waals surface area contributed by atoms with Crippen LogP contribution in [0.2, 0.25) is 0 Å². The molecular formula is C17H21F3N4O4S2. The van der Waals surface area contributed by atoms with Crippen molar-refractivity contribution in [3.05, 3.63) is 34.4 Å². The number of rotatable bonds is 5. The molecule has 166 valence electrons. The fraction of sp³-hybridized carbons (Fsp3) is 0.471. The van der Waals surface area contributed by atoms with Gasteiger partial charge in [-0.25, -0.2) is 23.2 Å². The molecule has 1 saturated heterocycles. The number of carboxylic acids is 1. The minimum atomic E-state index is -5.08. The highest BCUT2D eigenvalue weighted by Crippen LogP contribution is 2.25. The standard InChI is InChI=1S/C15H20N4O2S2.C2HF3O2/c1-11-5-15(23(20,21)9-12-8-22-10-18-12)17-7-14(11)19(2)13-3-4-16-6-13;3-2(4,5)1(6)7/h5,7-8,10,13,16H,3-4,6,9H2,1-2H3;(H,6,7)/t13-;/m0./s1. The Bertz CT molecular complexity index is 960. The van der Waals surface area contributed by atoms with Gasteiger partial charge < -0.3 is 15.3 Å². The second kappa shape index (κ2) is 9.71. The maximum atomic E-state index is 12.5. The van der Waals surface area contributed by atoms with Crippen molar-refractivity contribution in [2.45, 2.75) is 36.3 Å². The molecule has 8 nitrogen and oxygen atoms in total. The SMILES string of the molecule is Cc1cc(S(=O)(=O)Cc2cscn2)ncc1N(C)[C@H]1CCNC1.O=C(O)C(F)(F)F. The monoisotopic (exact) mass is 466 g/mol. The minimum absolute atomic E-state index is 0.106. The van der Waals surface area contributed by atoms with Crippen molar-refractivity contribution in [3.8, 4) is 0 Å². The van der Waals surface area contributed by atoms with Crippen LogP contribution in [-0.2, 0) is 20.4 Å². The van der Waals surface area contributed by atoms with Gasteiger partial charge in [-0.1, -0.05) is 0 Å². The van der Waals surface area contributed by atoms with Crippen LogP contribution in [0, 0.1) is 6.92 Å². The fourth-order valence-electron chi connectivity index (χ4n) is 2.81. The number of aryl methyl sites for hydroxylation is 1. The lowest BCUT2D eigenvalue weighted by Crippen LogP contribution is -2.33. The quantitative estimate of drug-likeness (QED) is 0.690. The molecule has 30 heavy (non-hydrogen) atoms. The van der Waals surface area contributed by atoms with Crippen LogP contribution in [0.5, 0.6) is 0 Å². The number of hydrogen-bond acceptors (Lipinski definition) is 8. The molecule has 0 saturated carbocycles. The van der Waals surface area contributed by atoms with E-state index in [1.807, 2.05) is 14.0 Å². The molecular weight excluding hydrogens is 445 g/mol. The number of aliphatic carboxylic acids is 1. The van der Waals surface area contributed by atoms with E-state index in [2.05, 4.69) is 20.2 Å². The lowest BCUT2D eigenvalue weighted by Gasteiger charge is -2.27. The van der Waals surface area contributed by atoms with Crippen LogP contribution >= 0.6 is 11.3 Å². The Morgan fingerprint density at radius 2 is 2.07 bits per heavy atom. The molecule has 1 atom stereocenters. The summed E-state index contributed by atoms with van der Waals surface area (Å²) in [6.07, 6.45) is -2.33. The summed E-state index contributed by atoms with van der Waals surface area (Å²) in [7, 11) is -1.43. The van der Waals surface area contributed by atoms with Gasteiger partial charge in [0, 0.05) is 25.0 Å². The third kappa shape index (κ3) is 6.37. The Kier molecular flexibility index (Phi) is 7.77. The number of likely N-dealkylation sites (N-methyl/N-ethyl adjacent to an activating group) is 1. The van der Waals surface area contributed by atoms with Gasteiger partial charge in [0.15, 0.2) is 5.03 Å². The number of hydrogen-bond donors (Lipinski definition) is 2. The molecule has 0 aromatic carbocycles. The number of carbonyl (C=O) groups is 1. The molecule has 0 amide bonds. The first-order chi connectivity index (χ1) is 13.9. The van der Waals surface area contributed by atoms with Gasteiger partial charge in [0.2, 0.25) is 9.84 Å².